The highest BCUT2D eigenvalue weighted by atomic mass is 15.1. The molecule has 0 spiro atoms. The number of para-hydroxylation sites is 2. The zero-order valence-electron chi connectivity index (χ0n) is 46.7. The Balaban J connectivity index is 0.883. The minimum atomic E-state index is -0.562. The average Bonchev–Trinajstić information content (AvgIpc) is 2.11. The highest BCUT2D eigenvalue weighted by molar-refractivity contribution is 6.11. The summed E-state index contributed by atoms with van der Waals surface area (Å²) in [5.74, 6) is 0. The van der Waals surface area contributed by atoms with Gasteiger partial charge in [-0.3, -0.25) is 0 Å². The van der Waals surface area contributed by atoms with Crippen LogP contribution in [0.5, 0.6) is 0 Å². The molecule has 0 aliphatic heterocycles. The Morgan fingerprint density at radius 3 is 1.45 bits per heavy atom. The number of hydrogen-bond donors (Lipinski definition) is 0. The second-order valence-electron chi connectivity index (χ2n) is 22.4. The van der Waals surface area contributed by atoms with Crippen molar-refractivity contribution in [1.29, 1.82) is 0 Å². The summed E-state index contributed by atoms with van der Waals surface area (Å²) in [5, 5.41) is 4.76. The van der Waals surface area contributed by atoms with Gasteiger partial charge in [0.2, 0.25) is 0 Å². The van der Waals surface area contributed by atoms with E-state index in [1.807, 2.05) is 0 Å². The van der Waals surface area contributed by atoms with Crippen LogP contribution in [0, 0.1) is 0 Å². The number of hydrogen-bond acceptors (Lipinski definition) is 1. The Kier molecular flexibility index (Phi) is 12.1. The van der Waals surface area contributed by atoms with Gasteiger partial charge in [0.05, 0.1) is 27.8 Å². The highest BCUT2D eigenvalue weighted by Gasteiger charge is 2.46. The molecule has 15 aromatic rings. The topological polar surface area (TPSA) is 8.17 Å². The molecule has 2 nitrogen and oxygen atoms in total. The van der Waals surface area contributed by atoms with E-state index in [0.717, 1.165) is 61.6 Å². The van der Waals surface area contributed by atoms with Crippen molar-refractivity contribution in [2.45, 2.75) is 5.41 Å². The van der Waals surface area contributed by atoms with Gasteiger partial charge in [0, 0.05) is 33.1 Å². The van der Waals surface area contributed by atoms with Gasteiger partial charge in [-0.1, -0.05) is 273 Å². The molecule has 0 atom stereocenters. The molecule has 16 rings (SSSR count). The summed E-state index contributed by atoms with van der Waals surface area (Å²) in [6.45, 7) is 0. The fourth-order valence-corrected chi connectivity index (χ4v) is 13.8. The molecule has 14 aromatic carbocycles. The Hall–Kier alpha value is -11.1. The van der Waals surface area contributed by atoms with E-state index in [1.54, 1.807) is 0 Å². The predicted octanol–water partition coefficient (Wildman–Crippen LogP) is 22.1. The second-order valence-corrected chi connectivity index (χ2v) is 22.4. The molecular weight excluding hydrogens is 1020 g/mol. The molecule has 1 heterocycles. The minimum Gasteiger partial charge on any atom is -0.309 e. The second kappa shape index (κ2) is 20.7. The lowest BCUT2D eigenvalue weighted by atomic mass is 9.67. The number of anilines is 3. The molecular formula is C83H56N2. The van der Waals surface area contributed by atoms with E-state index in [4.69, 9.17) is 0 Å². The number of aromatic nitrogens is 1. The van der Waals surface area contributed by atoms with E-state index in [9.17, 15) is 0 Å². The molecule has 0 bridgehead atoms. The molecule has 1 aliphatic rings. The lowest BCUT2D eigenvalue weighted by Crippen LogP contribution is -2.28. The standard InChI is InChI=1S/C83H56N2/c1-5-23-57(24-6-1)59-43-45-60(46-44-59)65-52-66(63-30-21-29-62(51-63)58-25-7-2-8-26-58)54-70(53-65)85-81-41-20-17-38-75(81)76-55-64(47-50-82(76)85)72-36-16-19-40-79(72)84(80-42-22-28-61-27-13-14-35-71(61)80)69-48-49-74-73-37-15-18-39-77(73)83(78(74)56-69,67-31-9-3-10-32-67)68-33-11-4-12-34-68/h1-56H. The SMILES string of the molecule is c1ccc(-c2ccc(-c3cc(-c4cccc(-c5ccccc5)c4)cc(-n4c5ccccc5c5cc(-c6ccccc6N(c6ccc7c(c6)C(c6ccccc6)(c6ccccc6)c6ccccc6-7)c6cccc7ccccc67)ccc54)c3)cc2)cc1. The maximum atomic E-state index is 2.52. The van der Waals surface area contributed by atoms with E-state index >= 15 is 0 Å². The summed E-state index contributed by atoms with van der Waals surface area (Å²) in [7, 11) is 0. The van der Waals surface area contributed by atoms with Gasteiger partial charge in [0.15, 0.2) is 0 Å². The third-order valence-electron chi connectivity index (χ3n) is 17.6. The largest absolute Gasteiger partial charge is 0.309 e. The maximum absolute atomic E-state index is 2.52. The van der Waals surface area contributed by atoms with Crippen LogP contribution >= 0.6 is 0 Å². The van der Waals surface area contributed by atoms with Gasteiger partial charge in [0.25, 0.3) is 0 Å². The van der Waals surface area contributed by atoms with Crippen molar-refractivity contribution in [3.8, 4) is 72.4 Å². The quantitative estimate of drug-likeness (QED) is 0.125. The fourth-order valence-electron chi connectivity index (χ4n) is 13.8. The van der Waals surface area contributed by atoms with Gasteiger partial charge in [-0.2, -0.15) is 0 Å². The summed E-state index contributed by atoms with van der Waals surface area (Å²) >= 11 is 0. The first-order chi connectivity index (χ1) is 42.2. The normalized spacial score (nSPS) is 12.3. The van der Waals surface area contributed by atoms with Gasteiger partial charge in [-0.05, 0) is 156 Å². The van der Waals surface area contributed by atoms with Crippen LogP contribution in [0.25, 0.3) is 105 Å². The van der Waals surface area contributed by atoms with Crippen molar-refractivity contribution >= 4 is 49.6 Å². The summed E-state index contributed by atoms with van der Waals surface area (Å²) in [5.41, 5.74) is 25.4. The highest BCUT2D eigenvalue weighted by Crippen LogP contribution is 2.58. The fraction of sp³-hybridized carbons (Fsp3) is 0.0120. The number of fused-ring (bicyclic) bond motifs is 7. The lowest BCUT2D eigenvalue weighted by Gasteiger charge is -2.35. The van der Waals surface area contributed by atoms with Crippen molar-refractivity contribution in [1.82, 2.24) is 4.57 Å². The first kappa shape index (κ1) is 49.7. The van der Waals surface area contributed by atoms with E-state index in [2.05, 4.69) is 349 Å². The van der Waals surface area contributed by atoms with Crippen LogP contribution in [0.2, 0.25) is 0 Å². The van der Waals surface area contributed by atoms with Crippen LogP contribution in [0.15, 0.2) is 340 Å². The van der Waals surface area contributed by atoms with Gasteiger partial charge in [-0.15, -0.1) is 0 Å². The molecule has 398 valence electrons. The van der Waals surface area contributed by atoms with Crippen LogP contribution in [-0.4, -0.2) is 4.57 Å². The molecule has 0 saturated heterocycles. The molecule has 1 aliphatic carbocycles. The van der Waals surface area contributed by atoms with Crippen molar-refractivity contribution in [2.75, 3.05) is 4.90 Å². The van der Waals surface area contributed by atoms with E-state index in [0.29, 0.717) is 0 Å². The predicted molar refractivity (Wildman–Crippen MR) is 357 cm³/mol. The molecule has 0 fully saturated rings. The van der Waals surface area contributed by atoms with E-state index in [1.165, 1.54) is 82.7 Å². The number of nitrogens with zero attached hydrogens (tertiary/aromatic N) is 2. The monoisotopic (exact) mass is 1080 g/mol. The minimum absolute atomic E-state index is 0.562. The van der Waals surface area contributed by atoms with Crippen LogP contribution in [-0.2, 0) is 5.41 Å². The zero-order valence-corrected chi connectivity index (χ0v) is 46.7. The Morgan fingerprint density at radius 2 is 0.718 bits per heavy atom. The Morgan fingerprint density at radius 1 is 0.247 bits per heavy atom. The van der Waals surface area contributed by atoms with E-state index in [-0.39, 0.29) is 0 Å². The molecule has 0 unspecified atom stereocenters. The molecule has 1 aromatic heterocycles. The molecule has 0 radical (unpaired) electrons. The van der Waals surface area contributed by atoms with Crippen LogP contribution < -0.4 is 4.90 Å². The van der Waals surface area contributed by atoms with Crippen molar-refractivity contribution < 1.29 is 0 Å². The molecule has 0 N–H and O–H groups in total. The summed E-state index contributed by atoms with van der Waals surface area (Å²) in [4.78, 5) is 2.52. The van der Waals surface area contributed by atoms with Crippen molar-refractivity contribution in [2.24, 2.45) is 0 Å². The smallest absolute Gasteiger partial charge is 0.0714 e. The van der Waals surface area contributed by atoms with Crippen LogP contribution in [0.4, 0.5) is 17.1 Å². The Labute approximate surface area is 496 Å². The molecule has 0 saturated carbocycles. The van der Waals surface area contributed by atoms with Crippen molar-refractivity contribution in [3.05, 3.63) is 362 Å². The lowest BCUT2D eigenvalue weighted by molar-refractivity contribution is 0.768. The third-order valence-corrected chi connectivity index (χ3v) is 17.6. The van der Waals surface area contributed by atoms with Crippen LogP contribution in [0.1, 0.15) is 22.3 Å². The van der Waals surface area contributed by atoms with E-state index < -0.39 is 5.41 Å². The first-order valence-electron chi connectivity index (χ1n) is 29.4. The third kappa shape index (κ3) is 8.41. The Bertz CT molecular complexity index is 4940. The first-order valence-corrected chi connectivity index (χ1v) is 29.4. The van der Waals surface area contributed by atoms with Gasteiger partial charge < -0.3 is 9.47 Å². The van der Waals surface area contributed by atoms with Crippen molar-refractivity contribution in [3.63, 3.8) is 0 Å². The van der Waals surface area contributed by atoms with Gasteiger partial charge in [0.1, 0.15) is 0 Å². The van der Waals surface area contributed by atoms with Gasteiger partial charge in [-0.25, -0.2) is 0 Å². The molecule has 85 heavy (non-hydrogen) atoms. The van der Waals surface area contributed by atoms with Crippen LogP contribution in [0.3, 0.4) is 0 Å². The number of rotatable bonds is 11. The number of benzene rings is 14. The van der Waals surface area contributed by atoms with Gasteiger partial charge >= 0.3 is 0 Å². The maximum Gasteiger partial charge on any atom is 0.0714 e. The summed E-state index contributed by atoms with van der Waals surface area (Å²) < 4.78 is 2.48. The zero-order chi connectivity index (χ0) is 56.3. The average molecular weight is 1080 g/mol. The molecule has 0 amide bonds. The summed E-state index contributed by atoms with van der Waals surface area (Å²) in [6, 6.07) is 125. The molecule has 2 heteroatoms. The summed E-state index contributed by atoms with van der Waals surface area (Å²) in [6.07, 6.45) is 0.